The van der Waals surface area contributed by atoms with E-state index >= 15 is 0 Å². The normalized spacial score (nSPS) is 17.1. The molecule has 4 rings (SSSR count). The molecule has 8 nitrogen and oxygen atoms in total. The average molecular weight is 363 g/mol. The van der Waals surface area contributed by atoms with E-state index in [1.165, 1.54) is 0 Å². The van der Waals surface area contributed by atoms with Gasteiger partial charge in [-0.2, -0.15) is 5.10 Å². The predicted octanol–water partition coefficient (Wildman–Crippen LogP) is 2.17. The number of rotatable bonds is 3. The predicted molar refractivity (Wildman–Crippen MR) is 101 cm³/mol. The molecule has 1 aromatic carbocycles. The van der Waals surface area contributed by atoms with Gasteiger partial charge in [-0.15, -0.1) is 0 Å². The molecule has 1 saturated heterocycles. The van der Waals surface area contributed by atoms with Gasteiger partial charge in [0.1, 0.15) is 5.82 Å². The van der Waals surface area contributed by atoms with Gasteiger partial charge in [0.25, 0.3) is 5.91 Å². The van der Waals surface area contributed by atoms with Crippen molar-refractivity contribution in [2.24, 2.45) is 0 Å². The second kappa shape index (κ2) is 7.14. The number of aromatic nitrogens is 5. The lowest BCUT2D eigenvalue weighted by Gasteiger charge is -2.31. The first-order valence-corrected chi connectivity index (χ1v) is 8.96. The number of benzene rings is 1. The third-order valence-corrected chi connectivity index (χ3v) is 4.80. The van der Waals surface area contributed by atoms with Crippen molar-refractivity contribution in [1.29, 1.82) is 0 Å². The summed E-state index contributed by atoms with van der Waals surface area (Å²) in [5.74, 6) is 2.00. The Labute approximate surface area is 156 Å². The molecule has 1 fully saturated rings. The summed E-state index contributed by atoms with van der Waals surface area (Å²) in [5, 5.41) is 7.15. The highest BCUT2D eigenvalue weighted by Gasteiger charge is 2.27. The lowest BCUT2D eigenvalue weighted by Crippen LogP contribution is -2.39. The van der Waals surface area contributed by atoms with Crippen LogP contribution in [-0.4, -0.2) is 49.0 Å². The quantitative estimate of drug-likeness (QED) is 0.737. The van der Waals surface area contributed by atoms with Crippen molar-refractivity contribution in [3.8, 4) is 11.1 Å². The van der Waals surface area contributed by atoms with Gasteiger partial charge in [0.2, 0.25) is 5.95 Å². The number of aromatic amines is 1. The summed E-state index contributed by atoms with van der Waals surface area (Å²) >= 11 is 0. The van der Waals surface area contributed by atoms with Crippen LogP contribution in [0.3, 0.4) is 0 Å². The van der Waals surface area contributed by atoms with Crippen LogP contribution >= 0.6 is 0 Å². The average Bonchev–Trinajstić information content (AvgIpc) is 3.15. The van der Waals surface area contributed by atoms with Crippen LogP contribution in [-0.2, 0) is 0 Å². The maximum atomic E-state index is 13.0. The van der Waals surface area contributed by atoms with Gasteiger partial charge in [-0.1, -0.05) is 12.1 Å². The standard InChI is InChI=1S/C19H21N7O/c1-12-23-17(25-24-12)15-6-3-7-26(11-15)18(27)14-5-2-4-13(8-14)16-9-21-19(20)22-10-16/h2,4-5,8-10,15H,3,6-7,11H2,1H3,(H2,20,21,22)(H,23,24,25). The monoisotopic (exact) mass is 363 g/mol. The molecule has 138 valence electrons. The van der Waals surface area contributed by atoms with Gasteiger partial charge in [-0.3, -0.25) is 9.89 Å². The van der Waals surface area contributed by atoms with Crippen LogP contribution in [0.1, 0.15) is 40.8 Å². The number of hydrogen-bond donors (Lipinski definition) is 2. The van der Waals surface area contributed by atoms with E-state index in [2.05, 4.69) is 25.1 Å². The number of carbonyl (C=O) groups is 1. The minimum Gasteiger partial charge on any atom is -0.368 e. The first-order valence-electron chi connectivity index (χ1n) is 8.96. The smallest absolute Gasteiger partial charge is 0.253 e. The van der Waals surface area contributed by atoms with E-state index in [1.54, 1.807) is 12.4 Å². The molecule has 2 aromatic heterocycles. The number of nitrogen functional groups attached to an aromatic ring is 1. The summed E-state index contributed by atoms with van der Waals surface area (Å²) in [6.45, 7) is 3.26. The molecule has 3 N–H and O–H groups in total. The molecule has 0 aliphatic carbocycles. The van der Waals surface area contributed by atoms with Crippen LogP contribution < -0.4 is 5.73 Å². The molecular formula is C19H21N7O. The lowest BCUT2D eigenvalue weighted by molar-refractivity contribution is 0.0704. The molecule has 0 spiro atoms. The minimum atomic E-state index is 0.0187. The summed E-state index contributed by atoms with van der Waals surface area (Å²) in [6.07, 6.45) is 5.25. The Morgan fingerprint density at radius 3 is 2.81 bits per heavy atom. The van der Waals surface area contributed by atoms with Crippen molar-refractivity contribution in [2.45, 2.75) is 25.7 Å². The first-order chi connectivity index (χ1) is 13.1. The van der Waals surface area contributed by atoms with E-state index in [1.807, 2.05) is 36.1 Å². The molecule has 1 aliphatic rings. The summed E-state index contributed by atoms with van der Waals surface area (Å²) in [4.78, 5) is 27.4. The Hall–Kier alpha value is -3.29. The van der Waals surface area contributed by atoms with Gasteiger partial charge in [0.05, 0.1) is 0 Å². The molecule has 8 heteroatoms. The van der Waals surface area contributed by atoms with Crippen molar-refractivity contribution < 1.29 is 4.79 Å². The number of aryl methyl sites for hydroxylation is 1. The van der Waals surface area contributed by atoms with Crippen molar-refractivity contribution in [2.75, 3.05) is 18.8 Å². The zero-order valence-electron chi connectivity index (χ0n) is 15.1. The van der Waals surface area contributed by atoms with Crippen LogP contribution in [0.4, 0.5) is 5.95 Å². The molecule has 0 saturated carbocycles. The summed E-state index contributed by atoms with van der Waals surface area (Å²) in [6, 6.07) is 7.52. The fourth-order valence-electron chi connectivity index (χ4n) is 3.42. The fraction of sp³-hybridized carbons (Fsp3) is 0.316. The number of amides is 1. The molecule has 1 aliphatic heterocycles. The SMILES string of the molecule is Cc1nc(C2CCCN(C(=O)c3cccc(-c4cnc(N)nc4)c3)C2)n[nH]1. The number of H-pyrrole nitrogens is 1. The van der Waals surface area contributed by atoms with Gasteiger partial charge in [0, 0.05) is 42.5 Å². The van der Waals surface area contributed by atoms with Gasteiger partial charge in [-0.05, 0) is 37.5 Å². The van der Waals surface area contributed by atoms with E-state index in [-0.39, 0.29) is 17.8 Å². The first kappa shape index (κ1) is 17.1. The molecule has 3 aromatic rings. The highest BCUT2D eigenvalue weighted by molar-refractivity contribution is 5.95. The number of piperidine rings is 1. The minimum absolute atomic E-state index is 0.0187. The van der Waals surface area contributed by atoms with Crippen LogP contribution in [0.15, 0.2) is 36.7 Å². The van der Waals surface area contributed by atoms with E-state index in [0.717, 1.165) is 42.2 Å². The van der Waals surface area contributed by atoms with Gasteiger partial charge >= 0.3 is 0 Å². The van der Waals surface area contributed by atoms with Crippen molar-refractivity contribution in [3.05, 3.63) is 53.9 Å². The highest BCUT2D eigenvalue weighted by Crippen LogP contribution is 2.26. The van der Waals surface area contributed by atoms with Gasteiger partial charge in [0.15, 0.2) is 5.82 Å². The molecule has 27 heavy (non-hydrogen) atoms. The van der Waals surface area contributed by atoms with E-state index in [0.29, 0.717) is 12.1 Å². The summed E-state index contributed by atoms with van der Waals surface area (Å²) in [7, 11) is 0. The summed E-state index contributed by atoms with van der Waals surface area (Å²) < 4.78 is 0. The summed E-state index contributed by atoms with van der Waals surface area (Å²) in [5.41, 5.74) is 7.91. The van der Waals surface area contributed by atoms with Crippen molar-refractivity contribution >= 4 is 11.9 Å². The van der Waals surface area contributed by atoms with Crippen molar-refractivity contribution in [3.63, 3.8) is 0 Å². The number of nitrogens with two attached hydrogens (primary N) is 1. The third-order valence-electron chi connectivity index (χ3n) is 4.80. The van der Waals surface area contributed by atoms with Crippen LogP contribution in [0.2, 0.25) is 0 Å². The number of likely N-dealkylation sites (tertiary alicyclic amines) is 1. The van der Waals surface area contributed by atoms with Crippen LogP contribution in [0.25, 0.3) is 11.1 Å². The number of nitrogens with zero attached hydrogens (tertiary/aromatic N) is 5. The Bertz CT molecular complexity index is 951. The maximum absolute atomic E-state index is 13.0. The van der Waals surface area contributed by atoms with Crippen LogP contribution in [0.5, 0.6) is 0 Å². The number of nitrogens with one attached hydrogen (secondary N) is 1. The molecular weight excluding hydrogens is 342 g/mol. The van der Waals surface area contributed by atoms with Crippen LogP contribution in [0, 0.1) is 6.92 Å². The Morgan fingerprint density at radius 2 is 2.07 bits per heavy atom. The Balaban J connectivity index is 1.53. The molecule has 1 atom stereocenters. The molecule has 1 unspecified atom stereocenters. The maximum Gasteiger partial charge on any atom is 0.253 e. The molecule has 0 radical (unpaired) electrons. The second-order valence-electron chi connectivity index (χ2n) is 6.78. The lowest BCUT2D eigenvalue weighted by atomic mass is 9.96. The number of anilines is 1. The molecule has 0 bridgehead atoms. The highest BCUT2D eigenvalue weighted by atomic mass is 16.2. The molecule has 3 heterocycles. The fourth-order valence-corrected chi connectivity index (χ4v) is 3.42. The second-order valence-corrected chi connectivity index (χ2v) is 6.78. The Kier molecular flexibility index (Phi) is 4.53. The zero-order valence-corrected chi connectivity index (χ0v) is 15.1. The largest absolute Gasteiger partial charge is 0.368 e. The van der Waals surface area contributed by atoms with Crippen molar-refractivity contribution in [1.82, 2.24) is 30.0 Å². The number of carbonyl (C=O) groups excluding carboxylic acids is 1. The molecule has 1 amide bonds. The number of hydrogen-bond acceptors (Lipinski definition) is 6. The zero-order chi connectivity index (χ0) is 18.8. The topological polar surface area (TPSA) is 114 Å². The van der Waals surface area contributed by atoms with Gasteiger partial charge < -0.3 is 10.6 Å². The third kappa shape index (κ3) is 3.64. The van der Waals surface area contributed by atoms with Gasteiger partial charge in [-0.25, -0.2) is 15.0 Å². The van der Waals surface area contributed by atoms with E-state index < -0.39 is 0 Å². The van der Waals surface area contributed by atoms with E-state index in [9.17, 15) is 4.79 Å². The van der Waals surface area contributed by atoms with E-state index in [4.69, 9.17) is 5.73 Å². The Morgan fingerprint density at radius 1 is 1.26 bits per heavy atom.